The van der Waals surface area contributed by atoms with E-state index in [-0.39, 0.29) is 12.0 Å². The Kier molecular flexibility index (Phi) is 4.35. The Labute approximate surface area is 85.6 Å². The van der Waals surface area contributed by atoms with E-state index in [9.17, 15) is 4.79 Å². The number of ether oxygens (including phenoxy) is 1. The molecule has 1 saturated heterocycles. The third-order valence-electron chi connectivity index (χ3n) is 2.66. The highest BCUT2D eigenvalue weighted by Gasteiger charge is 2.21. The van der Waals surface area contributed by atoms with Crippen LogP contribution in [0.2, 0.25) is 0 Å². The van der Waals surface area contributed by atoms with Gasteiger partial charge in [0.05, 0.1) is 7.11 Å². The van der Waals surface area contributed by atoms with Crippen LogP contribution in [0.3, 0.4) is 0 Å². The summed E-state index contributed by atoms with van der Waals surface area (Å²) >= 11 is 0. The van der Waals surface area contributed by atoms with Crippen molar-refractivity contribution in [3.8, 4) is 0 Å². The molecule has 0 amide bonds. The molecule has 1 heterocycles. The van der Waals surface area contributed by atoms with Crippen LogP contribution in [-0.4, -0.2) is 50.2 Å². The Morgan fingerprint density at radius 3 is 2.93 bits per heavy atom. The average molecular weight is 200 g/mol. The molecule has 1 rings (SSSR count). The van der Waals surface area contributed by atoms with Gasteiger partial charge in [-0.15, -0.1) is 0 Å². The van der Waals surface area contributed by atoms with E-state index in [0.29, 0.717) is 6.04 Å². The summed E-state index contributed by atoms with van der Waals surface area (Å²) in [6, 6.07) is 0.222. The molecule has 1 aliphatic heterocycles. The number of esters is 1. The first-order valence-corrected chi connectivity index (χ1v) is 5.16. The van der Waals surface area contributed by atoms with E-state index in [4.69, 9.17) is 0 Å². The minimum absolute atomic E-state index is 0.182. The van der Waals surface area contributed by atoms with Crippen LogP contribution >= 0.6 is 0 Å². The Balaban J connectivity index is 2.32. The van der Waals surface area contributed by atoms with Crippen molar-refractivity contribution in [3.05, 3.63) is 0 Å². The smallest absolute Gasteiger partial charge is 0.322 e. The SMILES string of the molecule is COC(=O)[C@H](C)NC1CCCN(C)C1. The summed E-state index contributed by atoms with van der Waals surface area (Å²) in [7, 11) is 3.53. The van der Waals surface area contributed by atoms with E-state index in [1.54, 1.807) is 0 Å². The van der Waals surface area contributed by atoms with Crippen molar-refractivity contribution in [2.45, 2.75) is 31.8 Å². The number of nitrogens with one attached hydrogen (secondary N) is 1. The molecule has 4 nitrogen and oxygen atoms in total. The lowest BCUT2D eigenvalue weighted by atomic mass is 10.1. The standard InChI is InChI=1S/C10H20N2O2/c1-8(10(13)14-3)11-9-5-4-6-12(2)7-9/h8-9,11H,4-7H2,1-3H3/t8-,9?/m0/s1. The predicted molar refractivity (Wildman–Crippen MR) is 55.1 cm³/mol. The number of hydrogen-bond donors (Lipinski definition) is 1. The van der Waals surface area contributed by atoms with Crippen LogP contribution in [0.4, 0.5) is 0 Å². The number of likely N-dealkylation sites (N-methyl/N-ethyl adjacent to an activating group) is 1. The molecule has 0 spiro atoms. The molecule has 1 fully saturated rings. The van der Waals surface area contributed by atoms with Crippen LogP contribution in [-0.2, 0) is 9.53 Å². The number of carbonyl (C=O) groups excluding carboxylic acids is 1. The van der Waals surface area contributed by atoms with Gasteiger partial charge >= 0.3 is 5.97 Å². The molecule has 1 aliphatic rings. The Bertz CT molecular complexity index is 197. The van der Waals surface area contributed by atoms with Crippen molar-refractivity contribution >= 4 is 5.97 Å². The molecule has 82 valence electrons. The van der Waals surface area contributed by atoms with E-state index in [1.165, 1.54) is 13.5 Å². The number of likely N-dealkylation sites (tertiary alicyclic amines) is 1. The molecule has 0 aromatic carbocycles. The lowest BCUT2D eigenvalue weighted by Gasteiger charge is -2.31. The molecule has 0 radical (unpaired) electrons. The minimum Gasteiger partial charge on any atom is -0.468 e. The average Bonchev–Trinajstić information content (AvgIpc) is 2.16. The number of hydrogen-bond acceptors (Lipinski definition) is 4. The van der Waals surface area contributed by atoms with Gasteiger partial charge in [0.25, 0.3) is 0 Å². The fourth-order valence-electron chi connectivity index (χ4n) is 1.90. The number of rotatable bonds is 3. The summed E-state index contributed by atoms with van der Waals surface area (Å²) in [5.41, 5.74) is 0. The normalized spacial score (nSPS) is 25.8. The van der Waals surface area contributed by atoms with Crippen molar-refractivity contribution in [3.63, 3.8) is 0 Å². The highest BCUT2D eigenvalue weighted by molar-refractivity contribution is 5.75. The lowest BCUT2D eigenvalue weighted by molar-refractivity contribution is -0.142. The Morgan fingerprint density at radius 1 is 1.64 bits per heavy atom. The number of methoxy groups -OCH3 is 1. The van der Waals surface area contributed by atoms with Gasteiger partial charge in [0.1, 0.15) is 6.04 Å². The molecule has 1 unspecified atom stereocenters. The topological polar surface area (TPSA) is 41.6 Å². The zero-order valence-corrected chi connectivity index (χ0v) is 9.25. The summed E-state index contributed by atoms with van der Waals surface area (Å²) in [6.45, 7) is 4.02. The van der Waals surface area contributed by atoms with Crippen molar-refractivity contribution < 1.29 is 9.53 Å². The maximum absolute atomic E-state index is 11.2. The van der Waals surface area contributed by atoms with Crippen LogP contribution in [0.1, 0.15) is 19.8 Å². The summed E-state index contributed by atoms with van der Waals surface area (Å²) in [4.78, 5) is 13.5. The Morgan fingerprint density at radius 2 is 2.36 bits per heavy atom. The van der Waals surface area contributed by atoms with Gasteiger partial charge in [-0.3, -0.25) is 4.79 Å². The van der Waals surface area contributed by atoms with Gasteiger partial charge in [-0.2, -0.15) is 0 Å². The second-order valence-electron chi connectivity index (χ2n) is 4.01. The molecule has 0 saturated carbocycles. The summed E-state index contributed by atoms with van der Waals surface area (Å²) in [5.74, 6) is -0.182. The first kappa shape index (κ1) is 11.5. The van der Waals surface area contributed by atoms with Crippen LogP contribution in [0.15, 0.2) is 0 Å². The molecular formula is C10H20N2O2. The number of nitrogens with zero attached hydrogens (tertiary/aromatic N) is 1. The van der Waals surface area contributed by atoms with Gasteiger partial charge in [0.15, 0.2) is 0 Å². The minimum atomic E-state index is -0.198. The lowest BCUT2D eigenvalue weighted by Crippen LogP contribution is -2.49. The first-order valence-electron chi connectivity index (χ1n) is 5.16. The molecule has 0 bridgehead atoms. The largest absolute Gasteiger partial charge is 0.468 e. The molecule has 0 aromatic rings. The van der Waals surface area contributed by atoms with Crippen molar-refractivity contribution in [1.29, 1.82) is 0 Å². The molecule has 2 atom stereocenters. The second kappa shape index (κ2) is 5.32. The van der Waals surface area contributed by atoms with E-state index in [0.717, 1.165) is 19.5 Å². The van der Waals surface area contributed by atoms with E-state index < -0.39 is 0 Å². The quantitative estimate of drug-likeness (QED) is 0.662. The molecule has 4 heteroatoms. The van der Waals surface area contributed by atoms with Crippen LogP contribution in [0.5, 0.6) is 0 Å². The monoisotopic (exact) mass is 200 g/mol. The predicted octanol–water partition coefficient (Wildman–Crippen LogP) is 0.232. The third-order valence-corrected chi connectivity index (χ3v) is 2.66. The van der Waals surface area contributed by atoms with Gasteiger partial charge < -0.3 is 15.0 Å². The van der Waals surface area contributed by atoms with E-state index >= 15 is 0 Å². The summed E-state index contributed by atoms with van der Waals surface area (Å²) < 4.78 is 4.67. The van der Waals surface area contributed by atoms with Crippen LogP contribution in [0, 0.1) is 0 Å². The molecule has 1 N–H and O–H groups in total. The van der Waals surface area contributed by atoms with Gasteiger partial charge in [0.2, 0.25) is 0 Å². The summed E-state index contributed by atoms with van der Waals surface area (Å²) in [6.07, 6.45) is 2.34. The number of carbonyl (C=O) groups is 1. The second-order valence-corrected chi connectivity index (χ2v) is 4.01. The van der Waals surface area contributed by atoms with Gasteiger partial charge in [-0.05, 0) is 33.4 Å². The molecular weight excluding hydrogens is 180 g/mol. The van der Waals surface area contributed by atoms with Gasteiger partial charge in [-0.25, -0.2) is 0 Å². The zero-order valence-electron chi connectivity index (χ0n) is 9.25. The maximum Gasteiger partial charge on any atom is 0.322 e. The maximum atomic E-state index is 11.2. The fourth-order valence-corrected chi connectivity index (χ4v) is 1.90. The fraction of sp³-hybridized carbons (Fsp3) is 0.900. The molecule has 14 heavy (non-hydrogen) atoms. The highest BCUT2D eigenvalue weighted by Crippen LogP contribution is 2.08. The van der Waals surface area contributed by atoms with Crippen molar-refractivity contribution in [1.82, 2.24) is 10.2 Å². The van der Waals surface area contributed by atoms with Crippen LogP contribution < -0.4 is 5.32 Å². The Hall–Kier alpha value is -0.610. The van der Waals surface area contributed by atoms with Crippen molar-refractivity contribution in [2.24, 2.45) is 0 Å². The van der Waals surface area contributed by atoms with Crippen molar-refractivity contribution in [2.75, 3.05) is 27.2 Å². The third kappa shape index (κ3) is 3.27. The molecule has 0 aromatic heterocycles. The van der Waals surface area contributed by atoms with Gasteiger partial charge in [0, 0.05) is 12.6 Å². The van der Waals surface area contributed by atoms with E-state index in [1.807, 2.05) is 6.92 Å². The highest BCUT2D eigenvalue weighted by atomic mass is 16.5. The number of piperidine rings is 1. The zero-order chi connectivity index (χ0) is 10.6. The van der Waals surface area contributed by atoms with E-state index in [2.05, 4.69) is 22.0 Å². The summed E-state index contributed by atoms with van der Waals surface area (Å²) in [5, 5.41) is 3.28. The van der Waals surface area contributed by atoms with Gasteiger partial charge in [-0.1, -0.05) is 0 Å². The first-order chi connectivity index (χ1) is 6.63. The van der Waals surface area contributed by atoms with Crippen LogP contribution in [0.25, 0.3) is 0 Å². The molecule has 0 aliphatic carbocycles.